The molecule has 1 aliphatic heterocycles. The zero-order valence-electron chi connectivity index (χ0n) is 15.3. The highest BCUT2D eigenvalue weighted by atomic mass is 16.1. The third-order valence-corrected chi connectivity index (χ3v) is 5.20. The van der Waals surface area contributed by atoms with Crippen LogP contribution >= 0.6 is 0 Å². The second-order valence-electron chi connectivity index (χ2n) is 7.05. The molecule has 6 heteroatoms. The van der Waals surface area contributed by atoms with Crippen LogP contribution in [-0.4, -0.2) is 35.0 Å². The molecule has 2 heterocycles. The maximum absolute atomic E-state index is 11.7. The van der Waals surface area contributed by atoms with Crippen LogP contribution in [-0.2, 0) is 0 Å². The van der Waals surface area contributed by atoms with Crippen LogP contribution in [0.1, 0.15) is 33.8 Å². The number of piperidine rings is 1. The molecule has 0 aliphatic carbocycles. The van der Waals surface area contributed by atoms with Gasteiger partial charge < -0.3 is 16.4 Å². The first kappa shape index (κ1) is 17.4. The second-order valence-corrected chi connectivity index (χ2v) is 7.05. The molecule has 1 saturated heterocycles. The summed E-state index contributed by atoms with van der Waals surface area (Å²) in [7, 11) is 0. The third kappa shape index (κ3) is 3.48. The van der Waals surface area contributed by atoms with Gasteiger partial charge in [0.25, 0.3) is 5.91 Å². The molecule has 2 atom stereocenters. The molecule has 138 valence electrons. The van der Waals surface area contributed by atoms with Crippen molar-refractivity contribution in [1.82, 2.24) is 15.3 Å². The summed E-state index contributed by atoms with van der Waals surface area (Å²) in [6.45, 7) is 3.96. The molecule has 0 unspecified atom stereocenters. The van der Waals surface area contributed by atoms with E-state index in [1.165, 1.54) is 17.5 Å². The molecule has 27 heavy (non-hydrogen) atoms. The fourth-order valence-corrected chi connectivity index (χ4v) is 3.89. The molecule has 0 spiro atoms. The number of benzene rings is 2. The van der Waals surface area contributed by atoms with Crippen molar-refractivity contribution in [2.24, 2.45) is 5.73 Å². The minimum atomic E-state index is -0.484. The van der Waals surface area contributed by atoms with Gasteiger partial charge in [-0.05, 0) is 37.6 Å². The molecule has 1 fully saturated rings. The number of para-hydroxylation sites is 1. The Morgan fingerprint density at radius 1 is 1.22 bits per heavy atom. The Balaban J connectivity index is 1.70. The molecule has 3 aromatic rings. The number of nitrogens with two attached hydrogens (primary N) is 1. The number of rotatable bonds is 4. The van der Waals surface area contributed by atoms with Gasteiger partial charge in [0.1, 0.15) is 12.1 Å². The summed E-state index contributed by atoms with van der Waals surface area (Å²) in [5.74, 6) is 0.632. The molecular weight excluding hydrogens is 338 g/mol. The summed E-state index contributed by atoms with van der Waals surface area (Å²) in [6.07, 6.45) is 2.53. The van der Waals surface area contributed by atoms with Crippen molar-refractivity contribution in [2.75, 3.05) is 18.4 Å². The van der Waals surface area contributed by atoms with E-state index < -0.39 is 5.91 Å². The molecule has 1 aromatic heterocycles. The van der Waals surface area contributed by atoms with Gasteiger partial charge in [0, 0.05) is 23.9 Å². The zero-order valence-corrected chi connectivity index (χ0v) is 15.3. The molecule has 4 rings (SSSR count). The topological polar surface area (TPSA) is 92.9 Å². The number of anilines is 1. The van der Waals surface area contributed by atoms with Crippen LogP contribution in [0.5, 0.6) is 0 Å². The maximum atomic E-state index is 11.7. The van der Waals surface area contributed by atoms with E-state index in [-0.39, 0.29) is 6.04 Å². The van der Waals surface area contributed by atoms with Crippen molar-refractivity contribution in [2.45, 2.75) is 25.3 Å². The summed E-state index contributed by atoms with van der Waals surface area (Å²) in [5, 5.41) is 7.87. The predicted molar refractivity (Wildman–Crippen MR) is 107 cm³/mol. The first-order valence-electron chi connectivity index (χ1n) is 9.21. The highest BCUT2D eigenvalue weighted by Gasteiger charge is 2.27. The lowest BCUT2D eigenvalue weighted by atomic mass is 9.85. The van der Waals surface area contributed by atoms with Gasteiger partial charge in [-0.1, -0.05) is 35.9 Å². The largest absolute Gasteiger partial charge is 0.366 e. The lowest BCUT2D eigenvalue weighted by Crippen LogP contribution is -2.44. The molecule has 1 amide bonds. The maximum Gasteiger partial charge on any atom is 0.250 e. The Morgan fingerprint density at radius 3 is 2.89 bits per heavy atom. The molecule has 1 aliphatic rings. The van der Waals surface area contributed by atoms with E-state index in [1.54, 1.807) is 6.07 Å². The molecule has 6 nitrogen and oxygen atoms in total. The van der Waals surface area contributed by atoms with Crippen LogP contribution in [0.15, 0.2) is 48.8 Å². The van der Waals surface area contributed by atoms with Crippen LogP contribution in [0, 0.1) is 6.92 Å². The Morgan fingerprint density at radius 2 is 2.07 bits per heavy atom. The van der Waals surface area contributed by atoms with Crippen molar-refractivity contribution >= 4 is 22.6 Å². The van der Waals surface area contributed by atoms with Crippen molar-refractivity contribution in [3.63, 3.8) is 0 Å². The van der Waals surface area contributed by atoms with Gasteiger partial charge in [-0.15, -0.1) is 0 Å². The number of primary amides is 1. The van der Waals surface area contributed by atoms with Crippen LogP contribution in [0.4, 0.5) is 5.82 Å². The van der Waals surface area contributed by atoms with Gasteiger partial charge in [-0.25, -0.2) is 9.97 Å². The Labute approximate surface area is 158 Å². The number of amides is 1. The lowest BCUT2D eigenvalue weighted by Gasteiger charge is -2.34. The van der Waals surface area contributed by atoms with Gasteiger partial charge in [0.05, 0.1) is 11.1 Å². The van der Waals surface area contributed by atoms with E-state index in [0.29, 0.717) is 17.0 Å². The minimum absolute atomic E-state index is 0.191. The normalized spacial score (nSPS) is 19.7. The van der Waals surface area contributed by atoms with Gasteiger partial charge in [0.15, 0.2) is 0 Å². The number of hydrogen-bond donors (Lipinski definition) is 3. The number of aryl methyl sites for hydroxylation is 1. The summed E-state index contributed by atoms with van der Waals surface area (Å²) in [6, 6.07) is 14.3. The van der Waals surface area contributed by atoms with E-state index in [0.717, 1.165) is 30.7 Å². The fraction of sp³-hybridized carbons (Fsp3) is 0.286. The van der Waals surface area contributed by atoms with Crippen LogP contribution in [0.3, 0.4) is 0 Å². The SMILES string of the molecule is Cc1cccc([C@@H]2CCNC[C@H]2Nc2ncnc3c(C(N)=O)cccc23)c1. The minimum Gasteiger partial charge on any atom is -0.366 e. The Bertz CT molecular complexity index is 987. The fourth-order valence-electron chi connectivity index (χ4n) is 3.89. The second kappa shape index (κ2) is 7.32. The summed E-state index contributed by atoms with van der Waals surface area (Å²) in [5.41, 5.74) is 9.10. The average Bonchev–Trinajstić information content (AvgIpc) is 2.68. The van der Waals surface area contributed by atoms with Gasteiger partial charge in [-0.2, -0.15) is 0 Å². The third-order valence-electron chi connectivity index (χ3n) is 5.20. The quantitative estimate of drug-likeness (QED) is 0.664. The molecule has 0 radical (unpaired) electrons. The highest BCUT2D eigenvalue weighted by molar-refractivity contribution is 6.06. The van der Waals surface area contributed by atoms with Crippen molar-refractivity contribution < 1.29 is 4.79 Å². The van der Waals surface area contributed by atoms with Crippen LogP contribution in [0.2, 0.25) is 0 Å². The number of fused-ring (bicyclic) bond motifs is 1. The van der Waals surface area contributed by atoms with Gasteiger partial charge in [-0.3, -0.25) is 4.79 Å². The smallest absolute Gasteiger partial charge is 0.250 e. The van der Waals surface area contributed by atoms with E-state index >= 15 is 0 Å². The number of carbonyl (C=O) groups excluding carboxylic acids is 1. The van der Waals surface area contributed by atoms with Crippen molar-refractivity contribution in [3.05, 3.63) is 65.5 Å². The molecule has 0 saturated carbocycles. The number of hydrogen-bond acceptors (Lipinski definition) is 5. The highest BCUT2D eigenvalue weighted by Crippen LogP contribution is 2.30. The lowest BCUT2D eigenvalue weighted by molar-refractivity contribution is 0.100. The summed E-state index contributed by atoms with van der Waals surface area (Å²) < 4.78 is 0. The van der Waals surface area contributed by atoms with Crippen molar-refractivity contribution in [1.29, 1.82) is 0 Å². The number of nitrogens with zero attached hydrogens (tertiary/aromatic N) is 2. The Hall–Kier alpha value is -2.99. The summed E-state index contributed by atoms with van der Waals surface area (Å²) in [4.78, 5) is 20.4. The van der Waals surface area contributed by atoms with E-state index in [4.69, 9.17) is 5.73 Å². The first-order valence-corrected chi connectivity index (χ1v) is 9.21. The first-order chi connectivity index (χ1) is 13.1. The zero-order chi connectivity index (χ0) is 18.8. The molecule has 2 aromatic carbocycles. The molecule has 0 bridgehead atoms. The van der Waals surface area contributed by atoms with Gasteiger partial charge in [0.2, 0.25) is 0 Å². The predicted octanol–water partition coefficient (Wildman–Crippen LogP) is 2.59. The number of carbonyl (C=O) groups is 1. The van der Waals surface area contributed by atoms with E-state index in [2.05, 4.69) is 51.8 Å². The Kier molecular flexibility index (Phi) is 4.73. The average molecular weight is 361 g/mol. The van der Waals surface area contributed by atoms with Crippen molar-refractivity contribution in [3.8, 4) is 0 Å². The number of aromatic nitrogens is 2. The standard InChI is InChI=1S/C21H23N5O/c1-13-4-2-5-14(10-13)15-8-9-23-11-18(15)26-21-17-7-3-6-16(20(22)27)19(17)24-12-25-21/h2-7,10,12,15,18,23H,8-9,11H2,1H3,(H2,22,27)(H,24,25,26)/t15-,18+/m0/s1. The monoisotopic (exact) mass is 361 g/mol. The summed E-state index contributed by atoms with van der Waals surface area (Å²) >= 11 is 0. The van der Waals surface area contributed by atoms with Crippen LogP contribution in [0.25, 0.3) is 10.9 Å². The van der Waals surface area contributed by atoms with E-state index in [1.807, 2.05) is 12.1 Å². The number of nitrogens with one attached hydrogen (secondary N) is 2. The molecule has 4 N–H and O–H groups in total. The van der Waals surface area contributed by atoms with Gasteiger partial charge >= 0.3 is 0 Å². The molecular formula is C21H23N5O. The van der Waals surface area contributed by atoms with Crippen LogP contribution < -0.4 is 16.4 Å². The van der Waals surface area contributed by atoms with E-state index in [9.17, 15) is 4.79 Å².